The van der Waals surface area contributed by atoms with E-state index in [4.69, 9.17) is 0 Å². The lowest BCUT2D eigenvalue weighted by molar-refractivity contribution is -0.416. The Kier molecular flexibility index (Phi) is 2.58. The zero-order chi connectivity index (χ0) is 12.6. The van der Waals surface area contributed by atoms with E-state index in [9.17, 15) is 14.9 Å². The van der Waals surface area contributed by atoms with Crippen molar-refractivity contribution in [2.24, 2.45) is 9.98 Å². The van der Waals surface area contributed by atoms with Gasteiger partial charge in [0.15, 0.2) is 5.71 Å². The molecular weight excluding hydrogens is 224 g/mol. The molecule has 7 nitrogen and oxygen atoms in total. The lowest BCUT2D eigenvalue weighted by Crippen LogP contribution is -2.31. The molecule has 1 aliphatic carbocycles. The van der Waals surface area contributed by atoms with Crippen LogP contribution in [0.4, 0.5) is 0 Å². The fourth-order valence-corrected chi connectivity index (χ4v) is 1.75. The van der Waals surface area contributed by atoms with Crippen LogP contribution in [0.3, 0.4) is 0 Å². The zero-order valence-corrected chi connectivity index (χ0v) is 9.30. The fourth-order valence-electron chi connectivity index (χ4n) is 1.75. The van der Waals surface area contributed by atoms with Gasteiger partial charge in [-0.2, -0.15) is 0 Å². The van der Waals surface area contributed by atoms with Gasteiger partial charge in [0.2, 0.25) is 5.91 Å². The van der Waals surface area contributed by atoms with Gasteiger partial charge in [-0.05, 0) is 13.0 Å². The molecule has 0 unspecified atom stereocenters. The molecule has 1 amide bonds. The largest absolute Gasteiger partial charge is 0.321 e. The Balaban J connectivity index is 2.48. The maximum Gasteiger partial charge on any atom is 0.316 e. The van der Waals surface area contributed by atoms with E-state index >= 15 is 0 Å². The first-order chi connectivity index (χ1) is 7.99. The lowest BCUT2D eigenvalue weighted by Gasteiger charge is -2.13. The average molecular weight is 234 g/mol. The van der Waals surface area contributed by atoms with Crippen LogP contribution in [0.25, 0.3) is 0 Å². The van der Waals surface area contributed by atoms with Crippen molar-refractivity contribution in [3.8, 4) is 0 Å². The van der Waals surface area contributed by atoms with Crippen molar-refractivity contribution in [1.82, 2.24) is 5.32 Å². The van der Waals surface area contributed by atoms with E-state index in [1.165, 1.54) is 13.0 Å². The number of nitrogens with zero attached hydrogens (tertiary/aromatic N) is 3. The van der Waals surface area contributed by atoms with Crippen LogP contribution < -0.4 is 5.32 Å². The van der Waals surface area contributed by atoms with Crippen LogP contribution in [0.2, 0.25) is 0 Å². The van der Waals surface area contributed by atoms with Gasteiger partial charge in [0, 0.05) is 6.92 Å². The van der Waals surface area contributed by atoms with Crippen LogP contribution in [-0.4, -0.2) is 28.4 Å². The fraction of sp³-hybridized carbons (Fsp3) is 0.300. The van der Waals surface area contributed by atoms with Gasteiger partial charge in [0.25, 0.3) is 0 Å². The Morgan fingerprint density at radius 1 is 1.59 bits per heavy atom. The van der Waals surface area contributed by atoms with Crippen LogP contribution in [-0.2, 0) is 4.79 Å². The Hall–Kier alpha value is -2.31. The summed E-state index contributed by atoms with van der Waals surface area (Å²) in [6, 6.07) is -0.409. The number of hydrogen-bond donors (Lipinski definition) is 1. The molecule has 17 heavy (non-hydrogen) atoms. The number of aliphatic imine (C=N–C) groups is 2. The van der Waals surface area contributed by atoms with E-state index in [0.29, 0.717) is 5.84 Å². The number of amidine groups is 1. The third-order valence-electron chi connectivity index (χ3n) is 2.32. The van der Waals surface area contributed by atoms with Crippen LogP contribution in [0, 0.1) is 10.1 Å². The number of carbonyl (C=O) groups is 1. The Morgan fingerprint density at radius 3 is 2.88 bits per heavy atom. The first kappa shape index (κ1) is 11.2. The number of carbonyl (C=O) groups excluding carboxylic acids is 1. The van der Waals surface area contributed by atoms with E-state index in [1.54, 1.807) is 13.0 Å². The molecule has 0 aromatic carbocycles. The third kappa shape index (κ3) is 1.99. The summed E-state index contributed by atoms with van der Waals surface area (Å²) in [5.41, 5.74) is 0.245. The molecule has 0 spiro atoms. The minimum atomic E-state index is -0.547. The minimum Gasteiger partial charge on any atom is -0.321 e. The van der Waals surface area contributed by atoms with Gasteiger partial charge in [-0.1, -0.05) is 6.08 Å². The van der Waals surface area contributed by atoms with Crippen molar-refractivity contribution in [3.05, 3.63) is 33.7 Å². The molecule has 0 aromatic heterocycles. The summed E-state index contributed by atoms with van der Waals surface area (Å²) in [6.07, 6.45) is 3.17. The van der Waals surface area contributed by atoms with Crippen molar-refractivity contribution >= 4 is 17.5 Å². The molecule has 2 aliphatic rings. The molecule has 1 N–H and O–H groups in total. The summed E-state index contributed by atoms with van der Waals surface area (Å²) in [4.78, 5) is 29.6. The normalized spacial score (nSPS) is 21.9. The maximum atomic E-state index is 11.0. The average Bonchev–Trinajstić information content (AvgIpc) is 2.56. The number of nitro groups is 1. The minimum absolute atomic E-state index is 0.155. The van der Waals surface area contributed by atoms with Gasteiger partial charge in [-0.3, -0.25) is 19.9 Å². The molecule has 1 aliphatic heterocycles. The standard InChI is InChI=1S/C10H10N4O3/c1-5-11-7-3-4-8(13-6(2)15)10(14(16)17)9(7)12-5/h3-4,7H,1-2H3,(H,13,15)/t7-/m0/s1. The number of hydrogen-bond acceptors (Lipinski definition) is 5. The third-order valence-corrected chi connectivity index (χ3v) is 2.32. The summed E-state index contributed by atoms with van der Waals surface area (Å²) >= 11 is 0. The summed E-state index contributed by atoms with van der Waals surface area (Å²) < 4.78 is 0. The van der Waals surface area contributed by atoms with Gasteiger partial charge >= 0.3 is 5.70 Å². The number of allylic oxidation sites excluding steroid dienone is 1. The van der Waals surface area contributed by atoms with Crippen LogP contribution in [0.5, 0.6) is 0 Å². The van der Waals surface area contributed by atoms with Crippen molar-refractivity contribution in [2.45, 2.75) is 19.9 Å². The predicted octanol–water partition coefficient (Wildman–Crippen LogP) is 0.422. The van der Waals surface area contributed by atoms with E-state index in [2.05, 4.69) is 15.3 Å². The Morgan fingerprint density at radius 2 is 2.29 bits per heavy atom. The van der Waals surface area contributed by atoms with Crippen LogP contribution in [0.1, 0.15) is 13.8 Å². The summed E-state index contributed by atoms with van der Waals surface area (Å²) in [5.74, 6) is 0.136. The number of rotatable bonds is 2. The van der Waals surface area contributed by atoms with E-state index in [-0.39, 0.29) is 23.0 Å². The molecule has 2 rings (SSSR count). The second-order valence-corrected chi connectivity index (χ2v) is 3.68. The van der Waals surface area contributed by atoms with Crippen LogP contribution >= 0.6 is 0 Å². The number of amides is 1. The second kappa shape index (κ2) is 3.93. The zero-order valence-electron chi connectivity index (χ0n) is 9.30. The van der Waals surface area contributed by atoms with Crippen molar-refractivity contribution in [3.63, 3.8) is 0 Å². The lowest BCUT2D eigenvalue weighted by atomic mass is 10.0. The monoisotopic (exact) mass is 234 g/mol. The molecule has 0 bridgehead atoms. The highest BCUT2D eigenvalue weighted by molar-refractivity contribution is 6.15. The summed E-state index contributed by atoms with van der Waals surface area (Å²) in [6.45, 7) is 2.97. The highest BCUT2D eigenvalue weighted by Crippen LogP contribution is 2.22. The SMILES string of the molecule is CC(=O)NC1=C([N+](=O)[O-])C2=NC(C)=N[C@H]2C=C1. The van der Waals surface area contributed by atoms with Gasteiger partial charge in [0.1, 0.15) is 17.6 Å². The summed E-state index contributed by atoms with van der Waals surface area (Å²) in [5, 5.41) is 13.4. The van der Waals surface area contributed by atoms with Crippen LogP contribution in [0.15, 0.2) is 33.5 Å². The van der Waals surface area contributed by atoms with Gasteiger partial charge in [0.05, 0.1) is 4.92 Å². The molecule has 1 atom stereocenters. The highest BCUT2D eigenvalue weighted by Gasteiger charge is 2.35. The highest BCUT2D eigenvalue weighted by atomic mass is 16.6. The quantitative estimate of drug-likeness (QED) is 0.553. The smallest absolute Gasteiger partial charge is 0.316 e. The molecule has 1 heterocycles. The molecule has 0 fully saturated rings. The molecule has 88 valence electrons. The molecule has 0 saturated heterocycles. The van der Waals surface area contributed by atoms with E-state index in [0.717, 1.165) is 0 Å². The molecular formula is C10H10N4O3. The van der Waals surface area contributed by atoms with Crippen molar-refractivity contribution < 1.29 is 9.72 Å². The number of nitrogens with one attached hydrogen (secondary N) is 1. The van der Waals surface area contributed by atoms with E-state index in [1.807, 2.05) is 0 Å². The predicted molar refractivity (Wildman–Crippen MR) is 61.3 cm³/mol. The molecule has 0 saturated carbocycles. The first-order valence-electron chi connectivity index (χ1n) is 4.97. The van der Waals surface area contributed by atoms with Gasteiger partial charge in [-0.15, -0.1) is 0 Å². The van der Waals surface area contributed by atoms with Crippen molar-refractivity contribution in [1.29, 1.82) is 0 Å². The molecule has 0 radical (unpaired) electrons. The maximum absolute atomic E-state index is 11.0. The Bertz CT molecular complexity index is 528. The first-order valence-corrected chi connectivity index (χ1v) is 4.97. The Labute approximate surface area is 96.8 Å². The molecule has 7 heteroatoms. The van der Waals surface area contributed by atoms with Gasteiger partial charge < -0.3 is 5.32 Å². The van der Waals surface area contributed by atoms with Gasteiger partial charge in [-0.25, -0.2) is 4.99 Å². The summed E-state index contributed by atoms with van der Waals surface area (Å²) in [7, 11) is 0. The molecule has 0 aromatic rings. The van der Waals surface area contributed by atoms with Crippen molar-refractivity contribution in [2.75, 3.05) is 0 Å². The number of fused-ring (bicyclic) bond motifs is 1. The second-order valence-electron chi connectivity index (χ2n) is 3.68. The topological polar surface area (TPSA) is 97.0 Å². The van der Waals surface area contributed by atoms with E-state index < -0.39 is 11.0 Å².